The molecule has 1 unspecified atom stereocenters. The van der Waals surface area contributed by atoms with Crippen molar-refractivity contribution in [3.05, 3.63) is 54.2 Å². The van der Waals surface area contributed by atoms with Crippen LogP contribution in [0.3, 0.4) is 0 Å². The van der Waals surface area contributed by atoms with E-state index in [0.29, 0.717) is 0 Å². The molecule has 0 bridgehead atoms. The number of rotatable bonds is 3. The minimum absolute atomic E-state index is 0.0190. The van der Waals surface area contributed by atoms with Crippen LogP contribution in [0.5, 0.6) is 0 Å². The van der Waals surface area contributed by atoms with E-state index in [4.69, 9.17) is 0 Å². The van der Waals surface area contributed by atoms with Gasteiger partial charge in [0.05, 0.1) is 35.3 Å². The summed E-state index contributed by atoms with van der Waals surface area (Å²) in [6.45, 7) is 1.98. The number of anilines is 1. The number of hydrogen-bond acceptors (Lipinski definition) is 3. The number of halogens is 1. The topological polar surface area (TPSA) is 53.6 Å². The molecule has 1 aromatic carbocycles. The quantitative estimate of drug-likeness (QED) is 0.756. The number of nitrogens with one attached hydrogen (secondary N) is 2. The van der Waals surface area contributed by atoms with Crippen LogP contribution in [0.1, 0.15) is 18.7 Å². The number of pyridine rings is 1. The van der Waals surface area contributed by atoms with Crippen molar-refractivity contribution >= 4 is 16.6 Å². The van der Waals surface area contributed by atoms with Gasteiger partial charge < -0.3 is 5.32 Å². The summed E-state index contributed by atoms with van der Waals surface area (Å²) in [6, 6.07) is 9.00. The molecule has 0 radical (unpaired) electrons. The number of H-pyrrole nitrogens is 1. The Labute approximate surface area is 109 Å². The highest BCUT2D eigenvalue weighted by Crippen LogP contribution is 2.24. The van der Waals surface area contributed by atoms with Gasteiger partial charge in [0, 0.05) is 5.39 Å². The zero-order valence-electron chi connectivity index (χ0n) is 10.4. The SMILES string of the molecule is CC(Nc1cccc2cn[nH]c12)c1ccc(F)cn1. The molecule has 0 saturated carbocycles. The first-order valence-electron chi connectivity index (χ1n) is 6.04. The molecule has 0 fully saturated rings. The normalized spacial score (nSPS) is 12.5. The molecule has 0 spiro atoms. The number of benzene rings is 1. The standard InChI is InChI=1S/C14H13FN4/c1-9(12-6-5-11(15)8-16-12)18-13-4-2-3-10-7-17-19-14(10)13/h2-9,18H,1H3,(H,17,19). The predicted octanol–water partition coefficient (Wildman–Crippen LogP) is 3.27. The molecule has 3 rings (SSSR count). The second-order valence-electron chi connectivity index (χ2n) is 4.41. The molecule has 5 heteroatoms. The summed E-state index contributed by atoms with van der Waals surface area (Å²) in [5.74, 6) is -0.327. The lowest BCUT2D eigenvalue weighted by atomic mass is 10.1. The van der Waals surface area contributed by atoms with Gasteiger partial charge in [0.2, 0.25) is 0 Å². The molecule has 2 aromatic heterocycles. The second kappa shape index (κ2) is 4.68. The Morgan fingerprint density at radius 2 is 2.11 bits per heavy atom. The highest BCUT2D eigenvalue weighted by Gasteiger charge is 2.09. The van der Waals surface area contributed by atoms with Crippen molar-refractivity contribution in [3.8, 4) is 0 Å². The van der Waals surface area contributed by atoms with Crippen LogP contribution in [-0.4, -0.2) is 15.2 Å². The fourth-order valence-electron chi connectivity index (χ4n) is 2.04. The van der Waals surface area contributed by atoms with E-state index in [2.05, 4.69) is 20.5 Å². The van der Waals surface area contributed by atoms with Gasteiger partial charge in [0.25, 0.3) is 0 Å². The average Bonchev–Trinajstić information content (AvgIpc) is 2.89. The lowest BCUT2D eigenvalue weighted by molar-refractivity contribution is 0.617. The molecule has 0 amide bonds. The van der Waals surface area contributed by atoms with Gasteiger partial charge in [-0.1, -0.05) is 12.1 Å². The first-order valence-corrected chi connectivity index (χ1v) is 6.04. The molecule has 3 aromatic rings. The molecule has 1 atom stereocenters. The molecule has 0 aliphatic carbocycles. The molecular formula is C14H13FN4. The van der Waals surface area contributed by atoms with Gasteiger partial charge in [-0.05, 0) is 25.1 Å². The van der Waals surface area contributed by atoms with Gasteiger partial charge in [-0.2, -0.15) is 5.10 Å². The summed E-state index contributed by atoms with van der Waals surface area (Å²) in [5, 5.41) is 11.4. The maximum absolute atomic E-state index is 12.8. The van der Waals surface area contributed by atoms with Crippen molar-refractivity contribution in [1.29, 1.82) is 0 Å². The highest BCUT2D eigenvalue weighted by atomic mass is 19.1. The largest absolute Gasteiger partial charge is 0.375 e. The summed E-state index contributed by atoms with van der Waals surface area (Å²) >= 11 is 0. The molecule has 0 aliphatic rings. The third-order valence-corrected chi connectivity index (χ3v) is 3.04. The van der Waals surface area contributed by atoms with Gasteiger partial charge in [0.15, 0.2) is 0 Å². The van der Waals surface area contributed by atoms with Crippen molar-refractivity contribution in [2.45, 2.75) is 13.0 Å². The predicted molar refractivity (Wildman–Crippen MR) is 72.3 cm³/mol. The highest BCUT2D eigenvalue weighted by molar-refractivity contribution is 5.90. The molecule has 2 N–H and O–H groups in total. The van der Waals surface area contributed by atoms with E-state index in [1.165, 1.54) is 12.3 Å². The maximum atomic E-state index is 12.8. The van der Waals surface area contributed by atoms with E-state index in [0.717, 1.165) is 22.3 Å². The van der Waals surface area contributed by atoms with Gasteiger partial charge in [-0.15, -0.1) is 0 Å². The van der Waals surface area contributed by atoms with Crippen molar-refractivity contribution in [2.75, 3.05) is 5.32 Å². The number of nitrogens with zero attached hydrogens (tertiary/aromatic N) is 2. The minimum atomic E-state index is -0.327. The average molecular weight is 256 g/mol. The molecule has 4 nitrogen and oxygen atoms in total. The lowest BCUT2D eigenvalue weighted by Gasteiger charge is -2.15. The number of hydrogen-bond donors (Lipinski definition) is 2. The first kappa shape index (κ1) is 11.6. The number of para-hydroxylation sites is 1. The maximum Gasteiger partial charge on any atom is 0.141 e. The molecule has 96 valence electrons. The van der Waals surface area contributed by atoms with Crippen LogP contribution >= 0.6 is 0 Å². The zero-order chi connectivity index (χ0) is 13.2. The van der Waals surface area contributed by atoms with Crippen LogP contribution in [0.4, 0.5) is 10.1 Å². The smallest absolute Gasteiger partial charge is 0.141 e. The van der Waals surface area contributed by atoms with E-state index in [9.17, 15) is 4.39 Å². The van der Waals surface area contributed by atoms with E-state index in [1.54, 1.807) is 12.3 Å². The second-order valence-corrected chi connectivity index (χ2v) is 4.41. The number of fused-ring (bicyclic) bond motifs is 1. The van der Waals surface area contributed by atoms with E-state index in [1.807, 2.05) is 25.1 Å². The molecule has 0 saturated heterocycles. The first-order chi connectivity index (χ1) is 9.24. The Morgan fingerprint density at radius 3 is 2.89 bits per heavy atom. The Morgan fingerprint density at radius 1 is 1.21 bits per heavy atom. The van der Waals surface area contributed by atoms with Gasteiger partial charge in [0.1, 0.15) is 5.82 Å². The fraction of sp³-hybridized carbons (Fsp3) is 0.143. The van der Waals surface area contributed by atoms with Crippen LogP contribution in [-0.2, 0) is 0 Å². The third-order valence-electron chi connectivity index (χ3n) is 3.04. The Hall–Kier alpha value is -2.43. The fourth-order valence-corrected chi connectivity index (χ4v) is 2.04. The van der Waals surface area contributed by atoms with Crippen LogP contribution in [0.15, 0.2) is 42.7 Å². The molecule has 2 heterocycles. The summed E-state index contributed by atoms with van der Waals surface area (Å²) in [7, 11) is 0. The van der Waals surface area contributed by atoms with Crippen LogP contribution < -0.4 is 5.32 Å². The molecular weight excluding hydrogens is 243 g/mol. The Kier molecular flexibility index (Phi) is 2.87. The monoisotopic (exact) mass is 256 g/mol. The summed E-state index contributed by atoms with van der Waals surface area (Å²) in [6.07, 6.45) is 3.01. The van der Waals surface area contributed by atoms with E-state index >= 15 is 0 Å². The summed E-state index contributed by atoms with van der Waals surface area (Å²) < 4.78 is 12.8. The van der Waals surface area contributed by atoms with Crippen molar-refractivity contribution in [3.63, 3.8) is 0 Å². The summed E-state index contributed by atoms with van der Waals surface area (Å²) in [5.41, 5.74) is 2.70. The van der Waals surface area contributed by atoms with Crippen LogP contribution in [0, 0.1) is 5.82 Å². The van der Waals surface area contributed by atoms with Gasteiger partial charge in [-0.25, -0.2) is 4.39 Å². The minimum Gasteiger partial charge on any atom is -0.375 e. The van der Waals surface area contributed by atoms with Gasteiger partial charge >= 0.3 is 0 Å². The van der Waals surface area contributed by atoms with Crippen molar-refractivity contribution < 1.29 is 4.39 Å². The van der Waals surface area contributed by atoms with Crippen LogP contribution in [0.2, 0.25) is 0 Å². The van der Waals surface area contributed by atoms with Crippen molar-refractivity contribution in [2.24, 2.45) is 0 Å². The number of aromatic nitrogens is 3. The third kappa shape index (κ3) is 2.27. The van der Waals surface area contributed by atoms with Crippen LogP contribution in [0.25, 0.3) is 10.9 Å². The Balaban J connectivity index is 1.88. The van der Waals surface area contributed by atoms with E-state index < -0.39 is 0 Å². The number of aromatic amines is 1. The van der Waals surface area contributed by atoms with E-state index in [-0.39, 0.29) is 11.9 Å². The zero-order valence-corrected chi connectivity index (χ0v) is 10.4. The van der Waals surface area contributed by atoms with Crippen molar-refractivity contribution in [1.82, 2.24) is 15.2 Å². The Bertz CT molecular complexity index is 690. The van der Waals surface area contributed by atoms with Gasteiger partial charge in [-0.3, -0.25) is 10.1 Å². The molecule has 0 aliphatic heterocycles. The lowest BCUT2D eigenvalue weighted by Crippen LogP contribution is -2.08. The molecule has 19 heavy (non-hydrogen) atoms. The summed E-state index contributed by atoms with van der Waals surface area (Å²) in [4.78, 5) is 4.08.